The first-order valence-electron chi connectivity index (χ1n) is 9.99. The van der Waals surface area contributed by atoms with Crippen molar-refractivity contribution < 1.29 is 9.53 Å². The summed E-state index contributed by atoms with van der Waals surface area (Å²) < 4.78 is 5.54. The Morgan fingerprint density at radius 3 is 2.68 bits per heavy atom. The molecule has 28 heavy (non-hydrogen) atoms. The number of hydrogen-bond acceptors (Lipinski definition) is 5. The molecule has 144 valence electrons. The van der Waals surface area contributed by atoms with Crippen molar-refractivity contribution in [3.05, 3.63) is 54.7 Å². The van der Waals surface area contributed by atoms with E-state index in [1.165, 1.54) is 10.8 Å². The molecule has 2 aromatic carbocycles. The highest BCUT2D eigenvalue weighted by atomic mass is 16.5. The lowest BCUT2D eigenvalue weighted by Crippen LogP contribution is -2.38. The first-order valence-corrected chi connectivity index (χ1v) is 9.99. The molecular formula is C23H25N3O2. The van der Waals surface area contributed by atoms with E-state index in [2.05, 4.69) is 46.3 Å². The van der Waals surface area contributed by atoms with Crippen molar-refractivity contribution in [2.75, 3.05) is 18.0 Å². The third-order valence-corrected chi connectivity index (χ3v) is 5.17. The summed E-state index contributed by atoms with van der Waals surface area (Å²) in [6.07, 6.45) is 4.79. The normalized spacial score (nSPS) is 15.0. The summed E-state index contributed by atoms with van der Waals surface area (Å²) in [5, 5.41) is 2.43. The van der Waals surface area contributed by atoms with Crippen LogP contribution in [0.5, 0.6) is 0 Å². The van der Waals surface area contributed by atoms with Crippen LogP contribution in [0.15, 0.2) is 54.7 Å². The standard InChI is InChI=1S/C23H25N3O2/c1-2-5-22(27)28-20-11-14-26(15-12-20)23-24-13-10-21(25-23)19-9-8-17-6-3-4-7-18(17)16-19/h3-4,6-10,13,16,20H,2,5,11-12,14-15H2,1H3. The van der Waals surface area contributed by atoms with Gasteiger partial charge in [-0.15, -0.1) is 0 Å². The zero-order valence-corrected chi connectivity index (χ0v) is 16.2. The molecule has 1 aliphatic rings. The number of anilines is 1. The maximum Gasteiger partial charge on any atom is 0.306 e. The van der Waals surface area contributed by atoms with Crippen LogP contribution in [-0.2, 0) is 9.53 Å². The van der Waals surface area contributed by atoms with Gasteiger partial charge in [0.1, 0.15) is 6.10 Å². The van der Waals surface area contributed by atoms with Crippen LogP contribution in [0, 0.1) is 0 Å². The highest BCUT2D eigenvalue weighted by Gasteiger charge is 2.23. The van der Waals surface area contributed by atoms with Crippen molar-refractivity contribution in [3.63, 3.8) is 0 Å². The van der Waals surface area contributed by atoms with E-state index in [4.69, 9.17) is 9.72 Å². The molecule has 1 aliphatic heterocycles. The topological polar surface area (TPSA) is 55.3 Å². The number of carbonyl (C=O) groups is 1. The fraction of sp³-hybridized carbons (Fsp3) is 0.348. The van der Waals surface area contributed by atoms with Gasteiger partial charge < -0.3 is 9.64 Å². The summed E-state index contributed by atoms with van der Waals surface area (Å²) in [4.78, 5) is 23.1. The van der Waals surface area contributed by atoms with Gasteiger partial charge in [0.2, 0.25) is 5.95 Å². The Labute approximate surface area is 165 Å². The molecule has 0 amide bonds. The highest BCUT2D eigenvalue weighted by molar-refractivity contribution is 5.86. The fourth-order valence-corrected chi connectivity index (χ4v) is 3.63. The Bertz CT molecular complexity index is 965. The number of esters is 1. The summed E-state index contributed by atoms with van der Waals surface area (Å²) in [6.45, 7) is 3.58. The molecule has 2 heterocycles. The Balaban J connectivity index is 1.46. The summed E-state index contributed by atoms with van der Waals surface area (Å²) in [7, 11) is 0. The van der Waals surface area contributed by atoms with Crippen molar-refractivity contribution in [3.8, 4) is 11.3 Å². The van der Waals surface area contributed by atoms with Crippen molar-refractivity contribution in [2.45, 2.75) is 38.7 Å². The molecule has 1 fully saturated rings. The lowest BCUT2D eigenvalue weighted by Gasteiger charge is -2.31. The summed E-state index contributed by atoms with van der Waals surface area (Å²) >= 11 is 0. The minimum atomic E-state index is -0.0875. The molecule has 3 aromatic rings. The smallest absolute Gasteiger partial charge is 0.306 e. The van der Waals surface area contributed by atoms with Gasteiger partial charge in [-0.2, -0.15) is 0 Å². The summed E-state index contributed by atoms with van der Waals surface area (Å²) in [5.41, 5.74) is 2.01. The lowest BCUT2D eigenvalue weighted by atomic mass is 10.1. The Kier molecular flexibility index (Phi) is 5.51. The molecule has 0 saturated carbocycles. The van der Waals surface area contributed by atoms with Gasteiger partial charge in [0, 0.05) is 44.1 Å². The van der Waals surface area contributed by atoms with Crippen LogP contribution in [0.3, 0.4) is 0 Å². The Morgan fingerprint density at radius 2 is 1.89 bits per heavy atom. The van der Waals surface area contributed by atoms with Crippen LogP contribution in [0.4, 0.5) is 5.95 Å². The van der Waals surface area contributed by atoms with Gasteiger partial charge >= 0.3 is 5.97 Å². The fourth-order valence-electron chi connectivity index (χ4n) is 3.63. The number of aromatic nitrogens is 2. The second-order valence-electron chi connectivity index (χ2n) is 7.23. The van der Waals surface area contributed by atoms with Gasteiger partial charge in [-0.1, -0.05) is 43.3 Å². The monoisotopic (exact) mass is 375 g/mol. The van der Waals surface area contributed by atoms with Crippen molar-refractivity contribution in [1.29, 1.82) is 0 Å². The van der Waals surface area contributed by atoms with Gasteiger partial charge in [0.05, 0.1) is 5.69 Å². The quantitative estimate of drug-likeness (QED) is 0.610. The molecule has 5 heteroatoms. The van der Waals surface area contributed by atoms with Gasteiger partial charge in [-0.25, -0.2) is 9.97 Å². The Hall–Kier alpha value is -2.95. The predicted molar refractivity (Wildman–Crippen MR) is 111 cm³/mol. The second kappa shape index (κ2) is 8.38. The van der Waals surface area contributed by atoms with Crippen molar-refractivity contribution >= 4 is 22.7 Å². The van der Waals surface area contributed by atoms with Crippen LogP contribution in [-0.4, -0.2) is 35.1 Å². The van der Waals surface area contributed by atoms with E-state index in [-0.39, 0.29) is 12.1 Å². The molecule has 0 aliphatic carbocycles. The molecule has 0 atom stereocenters. The van der Waals surface area contributed by atoms with Gasteiger partial charge in [-0.3, -0.25) is 4.79 Å². The van der Waals surface area contributed by atoms with Gasteiger partial charge in [-0.05, 0) is 29.3 Å². The summed E-state index contributed by atoms with van der Waals surface area (Å²) in [6, 6.07) is 16.7. The number of ether oxygens (including phenoxy) is 1. The van der Waals surface area contributed by atoms with Crippen LogP contribution >= 0.6 is 0 Å². The Morgan fingerprint density at radius 1 is 1.11 bits per heavy atom. The largest absolute Gasteiger partial charge is 0.462 e. The van der Waals surface area contributed by atoms with E-state index < -0.39 is 0 Å². The van der Waals surface area contributed by atoms with E-state index in [9.17, 15) is 4.79 Å². The number of nitrogens with zero attached hydrogens (tertiary/aromatic N) is 3. The van der Waals surface area contributed by atoms with Gasteiger partial charge in [0.15, 0.2) is 0 Å². The molecule has 1 aromatic heterocycles. The van der Waals surface area contributed by atoms with E-state index in [1.54, 1.807) is 0 Å². The van der Waals surface area contributed by atoms with Crippen LogP contribution < -0.4 is 4.90 Å². The molecule has 0 radical (unpaired) electrons. The minimum Gasteiger partial charge on any atom is -0.462 e. The predicted octanol–water partition coefficient (Wildman–Crippen LogP) is 4.61. The molecule has 0 N–H and O–H groups in total. The second-order valence-corrected chi connectivity index (χ2v) is 7.23. The maximum atomic E-state index is 11.7. The van der Waals surface area contributed by atoms with Crippen LogP contribution in [0.2, 0.25) is 0 Å². The van der Waals surface area contributed by atoms with Crippen molar-refractivity contribution in [1.82, 2.24) is 9.97 Å². The number of piperidine rings is 1. The first-order chi connectivity index (χ1) is 13.7. The maximum absolute atomic E-state index is 11.7. The number of carbonyl (C=O) groups excluding carboxylic acids is 1. The molecular weight excluding hydrogens is 350 g/mol. The number of hydrogen-bond donors (Lipinski definition) is 0. The third-order valence-electron chi connectivity index (χ3n) is 5.17. The first kappa shape index (κ1) is 18.4. The van der Waals surface area contributed by atoms with E-state index in [1.807, 2.05) is 25.3 Å². The highest BCUT2D eigenvalue weighted by Crippen LogP contribution is 2.25. The third kappa shape index (κ3) is 4.14. The molecule has 0 spiro atoms. The summed E-state index contributed by atoms with van der Waals surface area (Å²) in [5.74, 6) is 0.652. The average molecular weight is 375 g/mol. The molecule has 1 saturated heterocycles. The van der Waals surface area contributed by atoms with Crippen LogP contribution in [0.1, 0.15) is 32.6 Å². The number of rotatable bonds is 5. The van der Waals surface area contributed by atoms with Crippen molar-refractivity contribution in [2.24, 2.45) is 0 Å². The van der Waals surface area contributed by atoms with E-state index in [0.717, 1.165) is 49.6 Å². The number of fused-ring (bicyclic) bond motifs is 1. The van der Waals surface area contributed by atoms with E-state index in [0.29, 0.717) is 6.42 Å². The van der Waals surface area contributed by atoms with Crippen LogP contribution in [0.25, 0.3) is 22.0 Å². The zero-order chi connectivity index (χ0) is 19.3. The lowest BCUT2D eigenvalue weighted by molar-refractivity contribution is -0.150. The number of benzene rings is 2. The molecule has 5 nitrogen and oxygen atoms in total. The molecule has 0 bridgehead atoms. The SMILES string of the molecule is CCCC(=O)OC1CCN(c2nccc(-c3ccc4ccccc4c3)n2)CC1. The minimum absolute atomic E-state index is 0.0129. The molecule has 4 rings (SSSR count). The van der Waals surface area contributed by atoms with E-state index >= 15 is 0 Å². The zero-order valence-electron chi connectivity index (χ0n) is 16.2. The molecule has 0 unspecified atom stereocenters. The van der Waals surface area contributed by atoms with Gasteiger partial charge in [0.25, 0.3) is 0 Å². The average Bonchev–Trinajstić information content (AvgIpc) is 2.74.